The van der Waals surface area contributed by atoms with E-state index < -0.39 is 15.1 Å². The highest BCUT2D eigenvalue weighted by molar-refractivity contribution is 7.92. The maximum absolute atomic E-state index is 12.6. The summed E-state index contributed by atoms with van der Waals surface area (Å²) in [5.41, 5.74) is 0.409. The second kappa shape index (κ2) is 6.34. The lowest BCUT2D eigenvalue weighted by molar-refractivity contribution is 0.0793. The average molecular weight is 350 g/mol. The predicted octanol–water partition coefficient (Wildman–Crippen LogP) is 3.03. The van der Waals surface area contributed by atoms with Gasteiger partial charge >= 0.3 is 0 Å². The quantitative estimate of drug-likeness (QED) is 0.855. The molecule has 0 radical (unpaired) electrons. The van der Waals surface area contributed by atoms with Crippen molar-refractivity contribution < 1.29 is 13.2 Å². The summed E-state index contributed by atoms with van der Waals surface area (Å²) in [5.74, 6) is -0.221. The van der Waals surface area contributed by atoms with Crippen LogP contribution in [0.3, 0.4) is 0 Å². The van der Waals surface area contributed by atoms with E-state index in [-0.39, 0.29) is 12.5 Å². The first-order valence-corrected chi connectivity index (χ1v) is 9.25. The zero-order valence-corrected chi connectivity index (χ0v) is 13.9. The van der Waals surface area contributed by atoms with Crippen LogP contribution in [-0.2, 0) is 9.84 Å². The van der Waals surface area contributed by atoms with E-state index in [9.17, 15) is 13.2 Å². The Morgan fingerprint density at radius 1 is 1.04 bits per heavy atom. The number of rotatable bonds is 3. The summed E-state index contributed by atoms with van der Waals surface area (Å²) in [6, 6.07) is 15.2. The van der Waals surface area contributed by atoms with Crippen molar-refractivity contribution in [2.75, 3.05) is 13.1 Å². The van der Waals surface area contributed by atoms with Gasteiger partial charge in [-0.25, -0.2) is 8.42 Å². The topological polar surface area (TPSA) is 54.5 Å². The van der Waals surface area contributed by atoms with Crippen molar-refractivity contribution in [3.05, 3.63) is 65.2 Å². The fourth-order valence-corrected chi connectivity index (χ4v) is 4.70. The van der Waals surface area contributed by atoms with E-state index in [1.165, 1.54) is 0 Å². The molecule has 1 aliphatic rings. The highest BCUT2D eigenvalue weighted by Crippen LogP contribution is 2.26. The summed E-state index contributed by atoms with van der Waals surface area (Å²) in [7, 11) is -3.42. The van der Waals surface area contributed by atoms with Crippen molar-refractivity contribution in [1.29, 1.82) is 0 Å². The molecule has 1 saturated heterocycles. The van der Waals surface area contributed by atoms with Gasteiger partial charge in [-0.1, -0.05) is 41.9 Å². The third-order valence-corrected chi connectivity index (χ3v) is 6.57. The number of sulfone groups is 1. The van der Waals surface area contributed by atoms with Gasteiger partial charge in [-0.15, -0.1) is 0 Å². The Kier molecular flexibility index (Phi) is 4.41. The molecule has 23 heavy (non-hydrogen) atoms. The first-order chi connectivity index (χ1) is 11.0. The van der Waals surface area contributed by atoms with Crippen LogP contribution in [0, 0.1) is 0 Å². The third kappa shape index (κ3) is 3.12. The van der Waals surface area contributed by atoms with Crippen molar-refractivity contribution in [3.63, 3.8) is 0 Å². The van der Waals surface area contributed by atoms with Crippen LogP contribution in [0.5, 0.6) is 0 Å². The van der Waals surface area contributed by atoms with Crippen molar-refractivity contribution >= 4 is 27.3 Å². The Hall–Kier alpha value is -1.85. The molecule has 0 unspecified atom stereocenters. The van der Waals surface area contributed by atoms with E-state index in [2.05, 4.69) is 0 Å². The molecule has 1 aliphatic heterocycles. The molecule has 1 atom stereocenters. The molecule has 0 saturated carbocycles. The van der Waals surface area contributed by atoms with Gasteiger partial charge in [-0.2, -0.15) is 0 Å². The fraction of sp³-hybridized carbons (Fsp3) is 0.235. The van der Waals surface area contributed by atoms with Gasteiger partial charge in [0.15, 0.2) is 9.84 Å². The van der Waals surface area contributed by atoms with Gasteiger partial charge in [0.25, 0.3) is 5.91 Å². The van der Waals surface area contributed by atoms with Crippen LogP contribution in [0.1, 0.15) is 16.8 Å². The van der Waals surface area contributed by atoms with Gasteiger partial charge in [0.05, 0.1) is 20.7 Å². The van der Waals surface area contributed by atoms with Crippen LogP contribution in [0.4, 0.5) is 0 Å². The second-order valence-corrected chi connectivity index (χ2v) is 8.14. The second-order valence-electron chi connectivity index (χ2n) is 5.50. The minimum atomic E-state index is -3.42. The molecular formula is C17H16ClNO3S. The van der Waals surface area contributed by atoms with E-state index in [1.54, 1.807) is 59.5 Å². The Balaban J connectivity index is 1.79. The zero-order chi connectivity index (χ0) is 16.4. The normalized spacial score (nSPS) is 18.1. The Morgan fingerprint density at radius 3 is 2.39 bits per heavy atom. The Labute approximate surface area is 140 Å². The highest BCUT2D eigenvalue weighted by Gasteiger charge is 2.36. The summed E-state index contributed by atoms with van der Waals surface area (Å²) < 4.78 is 25.3. The van der Waals surface area contributed by atoms with Gasteiger partial charge in [0, 0.05) is 13.1 Å². The molecule has 0 bridgehead atoms. The van der Waals surface area contributed by atoms with Crippen LogP contribution in [0.25, 0.3) is 0 Å². The summed E-state index contributed by atoms with van der Waals surface area (Å²) in [5, 5.41) is -0.191. The number of nitrogens with zero attached hydrogens (tertiary/aromatic N) is 1. The van der Waals surface area contributed by atoms with Crippen molar-refractivity contribution in [3.8, 4) is 0 Å². The van der Waals surface area contributed by atoms with Crippen LogP contribution in [0.15, 0.2) is 59.5 Å². The van der Waals surface area contributed by atoms with Gasteiger partial charge in [0.1, 0.15) is 0 Å². The van der Waals surface area contributed by atoms with Crippen molar-refractivity contribution in [2.45, 2.75) is 16.6 Å². The monoisotopic (exact) mass is 349 g/mol. The Morgan fingerprint density at radius 2 is 1.70 bits per heavy atom. The number of likely N-dealkylation sites (tertiary alicyclic amines) is 1. The molecule has 6 heteroatoms. The molecule has 0 N–H and O–H groups in total. The van der Waals surface area contributed by atoms with Gasteiger partial charge in [-0.3, -0.25) is 4.79 Å². The molecular weight excluding hydrogens is 334 g/mol. The number of amides is 1. The van der Waals surface area contributed by atoms with E-state index in [4.69, 9.17) is 11.6 Å². The van der Waals surface area contributed by atoms with Gasteiger partial charge in [0.2, 0.25) is 0 Å². The molecule has 120 valence electrons. The first kappa shape index (κ1) is 16.0. The predicted molar refractivity (Wildman–Crippen MR) is 89.4 cm³/mol. The minimum Gasteiger partial charge on any atom is -0.337 e. The molecule has 0 aromatic heterocycles. The SMILES string of the molecule is O=C(c1ccccc1Cl)N1CC[C@H](S(=O)(=O)c2ccccc2)C1. The third-order valence-electron chi connectivity index (χ3n) is 4.05. The van der Waals surface area contributed by atoms with Gasteiger partial charge in [-0.05, 0) is 30.7 Å². The van der Waals surface area contributed by atoms with E-state index in [0.717, 1.165) is 0 Å². The van der Waals surface area contributed by atoms with Gasteiger partial charge < -0.3 is 4.90 Å². The fourth-order valence-electron chi connectivity index (χ4n) is 2.77. The summed E-state index contributed by atoms with van der Waals surface area (Å²) in [4.78, 5) is 14.4. The number of benzene rings is 2. The molecule has 1 heterocycles. The van der Waals surface area contributed by atoms with E-state index >= 15 is 0 Å². The molecule has 3 rings (SSSR count). The lowest BCUT2D eigenvalue weighted by Gasteiger charge is -2.17. The first-order valence-electron chi connectivity index (χ1n) is 7.33. The molecule has 4 nitrogen and oxygen atoms in total. The van der Waals surface area contributed by atoms with Crippen LogP contribution in [-0.4, -0.2) is 37.6 Å². The molecule has 0 aliphatic carbocycles. The number of carbonyl (C=O) groups excluding carboxylic acids is 1. The lowest BCUT2D eigenvalue weighted by atomic mass is 10.2. The summed E-state index contributed by atoms with van der Waals surface area (Å²) in [6.07, 6.45) is 0.438. The maximum Gasteiger partial charge on any atom is 0.255 e. The smallest absolute Gasteiger partial charge is 0.255 e. The zero-order valence-electron chi connectivity index (χ0n) is 12.4. The van der Waals surface area contributed by atoms with E-state index in [1.807, 2.05) is 0 Å². The van der Waals surface area contributed by atoms with E-state index in [0.29, 0.717) is 28.4 Å². The minimum absolute atomic E-state index is 0.196. The standard InChI is InChI=1S/C17H16ClNO3S/c18-16-9-5-4-8-15(16)17(20)19-11-10-14(12-19)23(21,22)13-6-2-1-3-7-13/h1-9,14H,10-12H2/t14-/m0/s1. The molecule has 0 spiro atoms. The van der Waals surface area contributed by atoms with Crippen LogP contribution < -0.4 is 0 Å². The molecule has 2 aromatic carbocycles. The average Bonchev–Trinajstić information content (AvgIpc) is 3.06. The highest BCUT2D eigenvalue weighted by atomic mass is 35.5. The number of hydrogen-bond acceptors (Lipinski definition) is 3. The molecule has 1 fully saturated rings. The molecule has 1 amide bonds. The summed E-state index contributed by atoms with van der Waals surface area (Å²) in [6.45, 7) is 0.613. The van der Waals surface area contributed by atoms with Crippen LogP contribution >= 0.6 is 11.6 Å². The summed E-state index contributed by atoms with van der Waals surface area (Å²) >= 11 is 6.05. The van der Waals surface area contributed by atoms with Crippen LogP contribution in [0.2, 0.25) is 5.02 Å². The lowest BCUT2D eigenvalue weighted by Crippen LogP contribution is -2.32. The van der Waals surface area contributed by atoms with Crippen molar-refractivity contribution in [2.24, 2.45) is 0 Å². The molecule has 2 aromatic rings. The number of halogens is 1. The maximum atomic E-state index is 12.6. The Bertz CT molecular complexity index is 821. The number of carbonyl (C=O) groups is 1. The van der Waals surface area contributed by atoms with Crippen molar-refractivity contribution in [1.82, 2.24) is 4.90 Å². The largest absolute Gasteiger partial charge is 0.337 e. The number of hydrogen-bond donors (Lipinski definition) is 0.